The summed E-state index contributed by atoms with van der Waals surface area (Å²) in [4.78, 5) is 12.5. The number of nitrogens with two attached hydrogens (primary N) is 1. The van der Waals surface area contributed by atoms with Crippen LogP contribution in [-0.4, -0.2) is 23.4 Å². The maximum atomic E-state index is 12.5. The van der Waals surface area contributed by atoms with E-state index in [1.54, 1.807) is 13.3 Å². The molecule has 0 aliphatic rings. The van der Waals surface area contributed by atoms with Gasteiger partial charge in [0.05, 0.1) is 18.8 Å². The van der Waals surface area contributed by atoms with Crippen LogP contribution in [0.3, 0.4) is 0 Å². The molecule has 25 heavy (non-hydrogen) atoms. The van der Waals surface area contributed by atoms with Crippen LogP contribution in [0.2, 0.25) is 0 Å². The SMILES string of the molecule is COc1ccc(-c2cnsc2)cc1NC(=O)C(N)Cc1ccccc1. The predicted octanol–water partition coefficient (Wildman–Crippen LogP) is 3.33. The van der Waals surface area contributed by atoms with Gasteiger partial charge in [0.15, 0.2) is 0 Å². The molecule has 0 saturated heterocycles. The Labute approximate surface area is 150 Å². The van der Waals surface area contributed by atoms with E-state index < -0.39 is 6.04 Å². The van der Waals surface area contributed by atoms with E-state index in [-0.39, 0.29) is 5.91 Å². The van der Waals surface area contributed by atoms with E-state index in [9.17, 15) is 4.79 Å². The molecule has 1 unspecified atom stereocenters. The molecule has 1 heterocycles. The molecule has 0 fully saturated rings. The molecular formula is C19H19N3O2S. The monoisotopic (exact) mass is 353 g/mol. The average molecular weight is 353 g/mol. The van der Waals surface area contributed by atoms with Crippen molar-refractivity contribution < 1.29 is 9.53 Å². The van der Waals surface area contributed by atoms with Crippen LogP contribution >= 0.6 is 11.5 Å². The van der Waals surface area contributed by atoms with Crippen molar-refractivity contribution in [1.29, 1.82) is 0 Å². The summed E-state index contributed by atoms with van der Waals surface area (Å²) >= 11 is 1.38. The van der Waals surface area contributed by atoms with E-state index in [4.69, 9.17) is 10.5 Å². The van der Waals surface area contributed by atoms with Crippen LogP contribution in [0.25, 0.3) is 11.1 Å². The summed E-state index contributed by atoms with van der Waals surface area (Å²) in [6.07, 6.45) is 2.27. The van der Waals surface area contributed by atoms with Crippen molar-refractivity contribution in [2.45, 2.75) is 12.5 Å². The molecule has 0 saturated carbocycles. The summed E-state index contributed by atoms with van der Waals surface area (Å²) in [5.74, 6) is 0.343. The number of aromatic nitrogens is 1. The number of hydrogen-bond acceptors (Lipinski definition) is 5. The summed E-state index contributed by atoms with van der Waals surface area (Å²) in [7, 11) is 1.57. The van der Waals surface area contributed by atoms with Crippen LogP contribution in [0.1, 0.15) is 5.56 Å². The summed E-state index contributed by atoms with van der Waals surface area (Å²) in [5.41, 5.74) is 9.64. The molecule has 5 nitrogen and oxygen atoms in total. The Balaban J connectivity index is 1.76. The standard InChI is InChI=1S/C19H19N3O2S/c1-24-18-8-7-14(15-11-21-25-12-15)10-17(18)22-19(23)16(20)9-13-5-3-2-4-6-13/h2-8,10-12,16H,9,20H2,1H3,(H,22,23). The number of anilines is 1. The normalized spacial score (nSPS) is 11.8. The summed E-state index contributed by atoms with van der Waals surface area (Å²) in [5, 5.41) is 4.83. The lowest BCUT2D eigenvalue weighted by Gasteiger charge is -2.15. The molecule has 1 atom stereocenters. The first-order chi connectivity index (χ1) is 12.2. The molecule has 3 aromatic rings. The van der Waals surface area contributed by atoms with Crippen LogP contribution < -0.4 is 15.8 Å². The maximum absolute atomic E-state index is 12.5. The number of nitrogens with one attached hydrogen (secondary N) is 1. The van der Waals surface area contributed by atoms with E-state index in [2.05, 4.69) is 9.69 Å². The van der Waals surface area contributed by atoms with E-state index in [1.165, 1.54) is 11.5 Å². The van der Waals surface area contributed by atoms with Crippen molar-refractivity contribution in [1.82, 2.24) is 4.37 Å². The van der Waals surface area contributed by atoms with Gasteiger partial charge in [-0.3, -0.25) is 4.79 Å². The minimum atomic E-state index is -0.640. The van der Waals surface area contributed by atoms with Crippen molar-refractivity contribution in [3.63, 3.8) is 0 Å². The fourth-order valence-corrected chi connectivity index (χ4v) is 3.06. The molecule has 0 radical (unpaired) electrons. The van der Waals surface area contributed by atoms with E-state index >= 15 is 0 Å². The second-order valence-electron chi connectivity index (χ2n) is 5.61. The van der Waals surface area contributed by atoms with Gasteiger partial charge in [0, 0.05) is 17.1 Å². The van der Waals surface area contributed by atoms with Gasteiger partial charge in [-0.25, -0.2) is 4.37 Å². The minimum absolute atomic E-state index is 0.247. The van der Waals surface area contributed by atoms with Crippen LogP contribution in [0.5, 0.6) is 5.75 Å². The van der Waals surface area contributed by atoms with Crippen molar-refractivity contribution in [3.05, 3.63) is 65.7 Å². The number of carbonyl (C=O) groups excluding carboxylic acids is 1. The second-order valence-corrected chi connectivity index (χ2v) is 6.27. The lowest BCUT2D eigenvalue weighted by atomic mass is 10.1. The van der Waals surface area contributed by atoms with Gasteiger partial charge < -0.3 is 15.8 Å². The number of rotatable bonds is 6. The zero-order valence-electron chi connectivity index (χ0n) is 13.8. The quantitative estimate of drug-likeness (QED) is 0.713. The molecule has 0 bridgehead atoms. The Hall–Kier alpha value is -2.70. The Bertz CT molecular complexity index is 835. The van der Waals surface area contributed by atoms with Crippen molar-refractivity contribution in [2.24, 2.45) is 5.73 Å². The molecule has 0 aliphatic heterocycles. The third-order valence-corrected chi connectivity index (χ3v) is 4.44. The van der Waals surface area contributed by atoms with Gasteiger partial charge in [-0.1, -0.05) is 36.4 Å². The Kier molecular flexibility index (Phi) is 5.42. The number of methoxy groups -OCH3 is 1. The first kappa shape index (κ1) is 17.1. The van der Waals surface area contributed by atoms with Crippen molar-refractivity contribution in [3.8, 4) is 16.9 Å². The van der Waals surface area contributed by atoms with Gasteiger partial charge in [-0.15, -0.1) is 0 Å². The van der Waals surface area contributed by atoms with Crippen LogP contribution in [0.15, 0.2) is 60.1 Å². The van der Waals surface area contributed by atoms with Gasteiger partial charge in [-0.05, 0) is 41.2 Å². The molecule has 1 amide bonds. The highest BCUT2D eigenvalue weighted by molar-refractivity contribution is 7.03. The second kappa shape index (κ2) is 7.92. The van der Waals surface area contributed by atoms with E-state index in [1.807, 2.05) is 53.9 Å². The summed E-state index contributed by atoms with van der Waals surface area (Å²) < 4.78 is 9.46. The van der Waals surface area contributed by atoms with Gasteiger partial charge in [0.25, 0.3) is 0 Å². The van der Waals surface area contributed by atoms with Crippen LogP contribution in [0.4, 0.5) is 5.69 Å². The molecule has 2 aromatic carbocycles. The number of carbonyl (C=O) groups is 1. The summed E-state index contributed by atoms with van der Waals surface area (Å²) in [6, 6.07) is 14.7. The highest BCUT2D eigenvalue weighted by atomic mass is 32.1. The van der Waals surface area contributed by atoms with Gasteiger partial charge in [0.2, 0.25) is 5.91 Å². The molecule has 0 aliphatic carbocycles. The van der Waals surface area contributed by atoms with Crippen LogP contribution in [0, 0.1) is 0 Å². The van der Waals surface area contributed by atoms with Crippen molar-refractivity contribution in [2.75, 3.05) is 12.4 Å². The number of ether oxygens (including phenoxy) is 1. The fourth-order valence-electron chi connectivity index (χ4n) is 2.52. The van der Waals surface area contributed by atoms with Gasteiger partial charge in [-0.2, -0.15) is 0 Å². The number of benzene rings is 2. The predicted molar refractivity (Wildman–Crippen MR) is 101 cm³/mol. The molecule has 0 spiro atoms. The third-order valence-electron chi connectivity index (χ3n) is 3.86. The highest BCUT2D eigenvalue weighted by Crippen LogP contribution is 2.31. The van der Waals surface area contributed by atoms with Gasteiger partial charge >= 0.3 is 0 Å². The Morgan fingerprint density at radius 3 is 2.72 bits per heavy atom. The first-order valence-electron chi connectivity index (χ1n) is 7.85. The smallest absolute Gasteiger partial charge is 0.241 e. The molecule has 6 heteroatoms. The maximum Gasteiger partial charge on any atom is 0.241 e. The van der Waals surface area contributed by atoms with Gasteiger partial charge in [0.1, 0.15) is 5.75 Å². The van der Waals surface area contributed by atoms with E-state index in [0.717, 1.165) is 16.7 Å². The lowest BCUT2D eigenvalue weighted by Crippen LogP contribution is -2.37. The highest BCUT2D eigenvalue weighted by Gasteiger charge is 2.17. The molecule has 128 valence electrons. The fraction of sp³-hybridized carbons (Fsp3) is 0.158. The number of hydrogen-bond donors (Lipinski definition) is 2. The topological polar surface area (TPSA) is 77.2 Å². The average Bonchev–Trinajstić information content (AvgIpc) is 3.17. The zero-order valence-corrected chi connectivity index (χ0v) is 14.6. The lowest BCUT2D eigenvalue weighted by molar-refractivity contribution is -0.117. The molecule has 3 rings (SSSR count). The molecular weight excluding hydrogens is 334 g/mol. The number of nitrogens with zero attached hydrogens (tertiary/aromatic N) is 1. The third kappa shape index (κ3) is 4.23. The zero-order chi connectivity index (χ0) is 17.6. The summed E-state index contributed by atoms with van der Waals surface area (Å²) in [6.45, 7) is 0. The molecule has 1 aromatic heterocycles. The number of amides is 1. The Morgan fingerprint density at radius 2 is 2.04 bits per heavy atom. The molecule has 3 N–H and O–H groups in total. The Morgan fingerprint density at radius 1 is 1.24 bits per heavy atom. The van der Waals surface area contributed by atoms with Crippen LogP contribution in [-0.2, 0) is 11.2 Å². The van der Waals surface area contributed by atoms with E-state index in [0.29, 0.717) is 17.9 Å². The minimum Gasteiger partial charge on any atom is -0.495 e. The van der Waals surface area contributed by atoms with Crippen molar-refractivity contribution >= 4 is 23.1 Å². The first-order valence-corrected chi connectivity index (χ1v) is 8.69. The largest absolute Gasteiger partial charge is 0.495 e.